The molecular weight excluding hydrogens is 188 g/mol. The molecule has 0 spiro atoms. The van der Waals surface area contributed by atoms with Gasteiger partial charge >= 0.3 is 0 Å². The van der Waals surface area contributed by atoms with E-state index in [4.69, 9.17) is 0 Å². The Kier molecular flexibility index (Phi) is 3.02. The van der Waals surface area contributed by atoms with Crippen LogP contribution in [0.3, 0.4) is 0 Å². The molecule has 1 saturated heterocycles. The van der Waals surface area contributed by atoms with E-state index < -0.39 is 0 Å². The molecule has 0 atom stereocenters. The molecule has 15 heavy (non-hydrogen) atoms. The number of benzene rings is 1. The number of hydrogen-bond donors (Lipinski definition) is 2. The van der Waals surface area contributed by atoms with E-state index in [2.05, 4.69) is 41.8 Å². The minimum Gasteiger partial charge on any atom is -0.352 e. The molecule has 2 rings (SSSR count). The summed E-state index contributed by atoms with van der Waals surface area (Å²) in [7, 11) is 0. The fourth-order valence-electron chi connectivity index (χ4n) is 1.51. The van der Waals surface area contributed by atoms with Gasteiger partial charge in [0, 0.05) is 19.6 Å². The predicted octanol–water partition coefficient (Wildman–Crippen LogP) is 0.831. The lowest BCUT2D eigenvalue weighted by Crippen LogP contribution is -2.50. The van der Waals surface area contributed by atoms with Crippen LogP contribution in [0.1, 0.15) is 11.1 Å². The number of carbonyl (C=O) groups is 1. The number of rotatable bonds is 3. The second-order valence-corrected chi connectivity index (χ2v) is 4.06. The molecule has 3 nitrogen and oxygen atoms in total. The molecule has 1 aromatic rings. The summed E-state index contributed by atoms with van der Waals surface area (Å²) in [5.74, 6) is 0.338. The van der Waals surface area contributed by atoms with Gasteiger partial charge in [0.15, 0.2) is 0 Å². The van der Waals surface area contributed by atoms with E-state index in [9.17, 15) is 4.79 Å². The highest BCUT2D eigenvalue weighted by Crippen LogP contribution is 2.05. The number of nitrogens with one attached hydrogen (secondary N) is 2. The molecule has 0 radical (unpaired) electrons. The van der Waals surface area contributed by atoms with Crippen molar-refractivity contribution in [2.24, 2.45) is 5.92 Å². The zero-order valence-corrected chi connectivity index (χ0v) is 8.92. The first-order valence-corrected chi connectivity index (χ1v) is 5.29. The third-order valence-electron chi connectivity index (χ3n) is 2.74. The second-order valence-electron chi connectivity index (χ2n) is 4.06. The molecule has 1 aliphatic rings. The smallest absolute Gasteiger partial charge is 0.225 e. The van der Waals surface area contributed by atoms with Gasteiger partial charge in [-0.15, -0.1) is 0 Å². The SMILES string of the molecule is Cc1ccc(CNC(=O)C2CNC2)cc1. The van der Waals surface area contributed by atoms with E-state index in [1.807, 2.05) is 0 Å². The number of aryl methyl sites for hydroxylation is 1. The lowest BCUT2D eigenvalue weighted by atomic mass is 10.0. The van der Waals surface area contributed by atoms with Crippen LogP contribution in [-0.4, -0.2) is 19.0 Å². The average Bonchev–Trinajstić information content (AvgIpc) is 2.14. The molecule has 0 unspecified atom stereocenters. The van der Waals surface area contributed by atoms with Gasteiger partial charge in [-0.05, 0) is 12.5 Å². The van der Waals surface area contributed by atoms with Gasteiger partial charge in [-0.2, -0.15) is 0 Å². The van der Waals surface area contributed by atoms with Gasteiger partial charge in [-0.25, -0.2) is 0 Å². The third kappa shape index (κ3) is 2.57. The van der Waals surface area contributed by atoms with E-state index in [1.54, 1.807) is 0 Å². The van der Waals surface area contributed by atoms with Gasteiger partial charge < -0.3 is 10.6 Å². The summed E-state index contributed by atoms with van der Waals surface area (Å²) < 4.78 is 0. The molecule has 0 saturated carbocycles. The quantitative estimate of drug-likeness (QED) is 0.765. The molecule has 1 heterocycles. The van der Waals surface area contributed by atoms with Crippen molar-refractivity contribution in [3.8, 4) is 0 Å². The highest BCUT2D eigenvalue weighted by atomic mass is 16.2. The van der Waals surface area contributed by atoms with Crippen molar-refractivity contribution in [1.82, 2.24) is 10.6 Å². The topological polar surface area (TPSA) is 41.1 Å². The molecule has 1 aromatic carbocycles. The molecule has 80 valence electrons. The van der Waals surface area contributed by atoms with Gasteiger partial charge in [-0.1, -0.05) is 29.8 Å². The maximum absolute atomic E-state index is 11.5. The van der Waals surface area contributed by atoms with Crippen LogP contribution in [0.25, 0.3) is 0 Å². The Hall–Kier alpha value is -1.35. The molecule has 0 bridgehead atoms. The van der Waals surface area contributed by atoms with Crippen molar-refractivity contribution in [2.75, 3.05) is 13.1 Å². The Labute approximate surface area is 89.9 Å². The average molecular weight is 204 g/mol. The maximum Gasteiger partial charge on any atom is 0.225 e. The Morgan fingerprint density at radius 2 is 2.07 bits per heavy atom. The lowest BCUT2D eigenvalue weighted by Gasteiger charge is -2.25. The van der Waals surface area contributed by atoms with Crippen molar-refractivity contribution in [2.45, 2.75) is 13.5 Å². The van der Waals surface area contributed by atoms with Crippen LogP contribution in [0.15, 0.2) is 24.3 Å². The van der Waals surface area contributed by atoms with Gasteiger partial charge in [0.25, 0.3) is 0 Å². The fraction of sp³-hybridized carbons (Fsp3) is 0.417. The minimum atomic E-state index is 0.161. The van der Waals surface area contributed by atoms with Crippen LogP contribution in [0.4, 0.5) is 0 Å². The Morgan fingerprint density at radius 3 is 2.60 bits per heavy atom. The monoisotopic (exact) mass is 204 g/mol. The molecule has 1 amide bonds. The molecule has 2 N–H and O–H groups in total. The van der Waals surface area contributed by atoms with Gasteiger partial charge in [0.2, 0.25) is 5.91 Å². The third-order valence-corrected chi connectivity index (χ3v) is 2.74. The van der Waals surface area contributed by atoms with Crippen molar-refractivity contribution in [3.05, 3.63) is 35.4 Å². The van der Waals surface area contributed by atoms with Gasteiger partial charge in [-0.3, -0.25) is 4.79 Å². The van der Waals surface area contributed by atoms with Crippen molar-refractivity contribution in [3.63, 3.8) is 0 Å². The number of hydrogen-bond acceptors (Lipinski definition) is 2. The zero-order chi connectivity index (χ0) is 10.7. The maximum atomic E-state index is 11.5. The Balaban J connectivity index is 1.82. The summed E-state index contributed by atoms with van der Waals surface area (Å²) in [6.07, 6.45) is 0. The van der Waals surface area contributed by atoms with Crippen LogP contribution in [-0.2, 0) is 11.3 Å². The largest absolute Gasteiger partial charge is 0.352 e. The number of amides is 1. The van der Waals surface area contributed by atoms with Crippen molar-refractivity contribution < 1.29 is 4.79 Å². The van der Waals surface area contributed by atoms with E-state index in [-0.39, 0.29) is 11.8 Å². The summed E-state index contributed by atoms with van der Waals surface area (Å²) in [4.78, 5) is 11.5. The van der Waals surface area contributed by atoms with Crippen LogP contribution in [0, 0.1) is 12.8 Å². The van der Waals surface area contributed by atoms with E-state index in [0.29, 0.717) is 6.54 Å². The summed E-state index contributed by atoms with van der Waals surface area (Å²) in [5.41, 5.74) is 2.40. The fourth-order valence-corrected chi connectivity index (χ4v) is 1.51. The summed E-state index contributed by atoms with van der Waals surface area (Å²) in [5, 5.41) is 6.03. The van der Waals surface area contributed by atoms with E-state index >= 15 is 0 Å². The molecule has 0 aromatic heterocycles. The predicted molar refractivity (Wildman–Crippen MR) is 59.4 cm³/mol. The minimum absolute atomic E-state index is 0.161. The van der Waals surface area contributed by atoms with E-state index in [1.165, 1.54) is 5.56 Å². The summed E-state index contributed by atoms with van der Waals surface area (Å²) >= 11 is 0. The zero-order valence-electron chi connectivity index (χ0n) is 8.92. The molecule has 1 fully saturated rings. The second kappa shape index (κ2) is 4.45. The molecule has 3 heteroatoms. The van der Waals surface area contributed by atoms with Crippen LogP contribution >= 0.6 is 0 Å². The first-order valence-electron chi connectivity index (χ1n) is 5.29. The molecular formula is C12H16N2O. The summed E-state index contributed by atoms with van der Waals surface area (Å²) in [6.45, 7) is 4.33. The lowest BCUT2D eigenvalue weighted by molar-refractivity contribution is -0.126. The van der Waals surface area contributed by atoms with Crippen molar-refractivity contribution in [1.29, 1.82) is 0 Å². The Morgan fingerprint density at radius 1 is 1.40 bits per heavy atom. The van der Waals surface area contributed by atoms with Crippen molar-refractivity contribution >= 4 is 5.91 Å². The van der Waals surface area contributed by atoms with Crippen LogP contribution in [0.5, 0.6) is 0 Å². The Bertz CT molecular complexity index is 341. The van der Waals surface area contributed by atoms with Crippen LogP contribution in [0.2, 0.25) is 0 Å². The number of carbonyl (C=O) groups excluding carboxylic acids is 1. The first-order chi connectivity index (χ1) is 7.25. The summed E-state index contributed by atoms with van der Waals surface area (Å²) in [6, 6.07) is 8.22. The molecule has 1 aliphatic heterocycles. The first kappa shape index (κ1) is 10.2. The molecule has 0 aliphatic carbocycles. The normalized spacial score (nSPS) is 15.8. The standard InChI is InChI=1S/C12H16N2O/c1-9-2-4-10(5-3-9)6-14-12(15)11-7-13-8-11/h2-5,11,13H,6-8H2,1H3,(H,14,15). The van der Waals surface area contributed by atoms with E-state index in [0.717, 1.165) is 18.7 Å². The van der Waals surface area contributed by atoms with Gasteiger partial charge in [0.05, 0.1) is 5.92 Å². The van der Waals surface area contributed by atoms with Crippen LogP contribution < -0.4 is 10.6 Å². The highest BCUT2D eigenvalue weighted by molar-refractivity contribution is 5.79. The van der Waals surface area contributed by atoms with Gasteiger partial charge in [0.1, 0.15) is 0 Å². The highest BCUT2D eigenvalue weighted by Gasteiger charge is 2.24.